The number of carbonyl (C=O) groups excluding carboxylic acids is 2. The molecule has 0 radical (unpaired) electrons. The Morgan fingerprint density at radius 3 is 2.53 bits per heavy atom. The third-order valence-corrected chi connectivity index (χ3v) is 8.53. The summed E-state index contributed by atoms with van der Waals surface area (Å²) in [4.78, 5) is 30.1. The van der Waals surface area contributed by atoms with E-state index in [2.05, 4.69) is 29.5 Å². The molecule has 0 saturated heterocycles. The van der Waals surface area contributed by atoms with Gasteiger partial charge in [-0.3, -0.25) is 14.6 Å². The quantitative estimate of drug-likeness (QED) is 0.510. The van der Waals surface area contributed by atoms with Gasteiger partial charge in [0.05, 0.1) is 18.3 Å². The summed E-state index contributed by atoms with van der Waals surface area (Å²) >= 11 is 0. The average molecular weight is 494 g/mol. The average Bonchev–Trinajstić information content (AvgIpc) is 3.07. The molecule has 2 aliphatic rings. The van der Waals surface area contributed by atoms with Crippen LogP contribution in [0.25, 0.3) is 0 Å². The van der Waals surface area contributed by atoms with Crippen LogP contribution in [0.15, 0.2) is 48.8 Å². The fourth-order valence-corrected chi connectivity index (χ4v) is 6.55. The van der Waals surface area contributed by atoms with E-state index in [9.17, 15) is 14.7 Å². The van der Waals surface area contributed by atoms with Gasteiger partial charge in [-0.2, -0.15) is 0 Å². The van der Waals surface area contributed by atoms with Crippen LogP contribution < -0.4 is 15.4 Å². The number of nitrogens with zero attached hydrogens (tertiary/aromatic N) is 1. The number of rotatable bonds is 8. The molecule has 7 heteroatoms. The van der Waals surface area contributed by atoms with Crippen molar-refractivity contribution in [2.24, 2.45) is 16.7 Å². The van der Waals surface area contributed by atoms with Gasteiger partial charge in [0.25, 0.3) is 5.91 Å². The highest BCUT2D eigenvalue weighted by Gasteiger charge is 2.61. The standard InChI is InChI=1S/C29H39N3O4/c1-27(2)17-24(32-26(34)21-6-5-15-30-19-21)29(14-13-28(3,35)16-23(27)29)12-11-25(33)31-18-20-7-9-22(36-4)10-8-20/h5-10,15,19,23-24,35H,11-14,16-18H2,1-4H3,(H,31,33)(H,32,34)/t23-,24-,28-,29-/m0/s1. The van der Waals surface area contributed by atoms with Crippen molar-refractivity contribution in [1.82, 2.24) is 15.6 Å². The van der Waals surface area contributed by atoms with Gasteiger partial charge in [0, 0.05) is 31.4 Å². The van der Waals surface area contributed by atoms with Crippen LogP contribution in [0.2, 0.25) is 0 Å². The largest absolute Gasteiger partial charge is 0.497 e. The number of hydrogen-bond donors (Lipinski definition) is 3. The number of fused-ring (bicyclic) bond motifs is 1. The van der Waals surface area contributed by atoms with Crippen LogP contribution in [0.5, 0.6) is 5.75 Å². The van der Waals surface area contributed by atoms with Crippen LogP contribution in [-0.4, -0.2) is 40.7 Å². The summed E-state index contributed by atoms with van der Waals surface area (Å²) < 4.78 is 5.20. The zero-order chi connectivity index (χ0) is 26.0. The highest BCUT2D eigenvalue weighted by molar-refractivity contribution is 5.94. The minimum Gasteiger partial charge on any atom is -0.497 e. The molecular formula is C29H39N3O4. The predicted octanol–water partition coefficient (Wildman–Crippen LogP) is 4.25. The second-order valence-electron chi connectivity index (χ2n) is 11.6. The van der Waals surface area contributed by atoms with E-state index in [-0.39, 0.29) is 34.6 Å². The summed E-state index contributed by atoms with van der Waals surface area (Å²) in [7, 11) is 1.63. The Kier molecular flexibility index (Phi) is 7.41. The van der Waals surface area contributed by atoms with E-state index in [4.69, 9.17) is 4.74 Å². The maximum atomic E-state index is 13.1. The number of carbonyl (C=O) groups is 2. The third-order valence-electron chi connectivity index (χ3n) is 8.53. The summed E-state index contributed by atoms with van der Waals surface area (Å²) in [6.07, 6.45) is 7.20. The van der Waals surface area contributed by atoms with E-state index < -0.39 is 5.60 Å². The van der Waals surface area contributed by atoms with Crippen LogP contribution in [0.4, 0.5) is 0 Å². The molecule has 1 aromatic carbocycles. The number of aliphatic hydroxyl groups is 1. The molecule has 2 saturated carbocycles. The predicted molar refractivity (Wildman–Crippen MR) is 138 cm³/mol. The third kappa shape index (κ3) is 5.56. The molecule has 194 valence electrons. The van der Waals surface area contributed by atoms with Crippen LogP contribution >= 0.6 is 0 Å². The van der Waals surface area contributed by atoms with Crippen LogP contribution in [0.1, 0.15) is 75.2 Å². The fourth-order valence-electron chi connectivity index (χ4n) is 6.55. The minimum atomic E-state index is -0.732. The topological polar surface area (TPSA) is 101 Å². The SMILES string of the molecule is COc1ccc(CNC(=O)CC[C@]23CC[C@](C)(O)C[C@H]2C(C)(C)C[C@@H]3NC(=O)c2cccnc2)cc1. The molecule has 4 atom stereocenters. The van der Waals surface area contributed by atoms with Gasteiger partial charge in [-0.1, -0.05) is 26.0 Å². The first kappa shape index (κ1) is 26.1. The van der Waals surface area contributed by atoms with Crippen molar-refractivity contribution < 1.29 is 19.4 Å². The summed E-state index contributed by atoms with van der Waals surface area (Å²) in [5.41, 5.74) is 0.494. The van der Waals surface area contributed by atoms with Crippen molar-refractivity contribution in [3.05, 3.63) is 59.9 Å². The zero-order valence-electron chi connectivity index (χ0n) is 21.8. The van der Waals surface area contributed by atoms with Crippen LogP contribution in [0, 0.1) is 16.7 Å². The van der Waals surface area contributed by atoms with Gasteiger partial charge in [0.1, 0.15) is 5.75 Å². The summed E-state index contributed by atoms with van der Waals surface area (Å²) in [5, 5.41) is 17.3. The number of hydrogen-bond acceptors (Lipinski definition) is 5. The Bertz CT molecular complexity index is 1070. The number of nitrogens with one attached hydrogen (secondary N) is 2. The van der Waals surface area contributed by atoms with Crippen LogP contribution in [-0.2, 0) is 11.3 Å². The molecule has 0 aliphatic heterocycles. The van der Waals surface area contributed by atoms with Gasteiger partial charge in [0.2, 0.25) is 5.91 Å². The van der Waals surface area contributed by atoms with E-state index in [0.29, 0.717) is 37.8 Å². The smallest absolute Gasteiger partial charge is 0.253 e. The fraction of sp³-hybridized carbons (Fsp3) is 0.552. The van der Waals surface area contributed by atoms with Crippen molar-refractivity contribution >= 4 is 11.8 Å². The molecule has 4 rings (SSSR count). The van der Waals surface area contributed by atoms with E-state index in [1.165, 1.54) is 0 Å². The maximum Gasteiger partial charge on any atom is 0.253 e. The van der Waals surface area contributed by atoms with Gasteiger partial charge >= 0.3 is 0 Å². The van der Waals surface area contributed by atoms with Crippen molar-refractivity contribution in [2.75, 3.05) is 7.11 Å². The lowest BCUT2D eigenvalue weighted by molar-refractivity contribution is -0.123. The highest BCUT2D eigenvalue weighted by atomic mass is 16.5. The van der Waals surface area contributed by atoms with Gasteiger partial charge in [-0.05, 0) is 85.6 Å². The number of aromatic nitrogens is 1. The van der Waals surface area contributed by atoms with E-state index in [1.54, 1.807) is 31.6 Å². The lowest BCUT2D eigenvalue weighted by Gasteiger charge is -2.50. The molecule has 1 aromatic heterocycles. The minimum absolute atomic E-state index is 0.00156. The molecule has 2 fully saturated rings. The Morgan fingerprint density at radius 2 is 1.86 bits per heavy atom. The van der Waals surface area contributed by atoms with Gasteiger partial charge in [-0.15, -0.1) is 0 Å². The summed E-state index contributed by atoms with van der Waals surface area (Å²) in [5.74, 6) is 0.845. The van der Waals surface area contributed by atoms with Crippen molar-refractivity contribution in [3.8, 4) is 5.75 Å². The van der Waals surface area contributed by atoms with Crippen molar-refractivity contribution in [2.45, 2.75) is 77.5 Å². The van der Waals surface area contributed by atoms with Crippen molar-refractivity contribution in [3.63, 3.8) is 0 Å². The number of benzene rings is 1. The number of pyridine rings is 1. The van der Waals surface area contributed by atoms with E-state index >= 15 is 0 Å². The Labute approximate surface area is 214 Å². The maximum absolute atomic E-state index is 13.1. The lowest BCUT2D eigenvalue weighted by Crippen LogP contribution is -2.52. The first-order valence-electron chi connectivity index (χ1n) is 12.9. The number of amides is 2. The molecule has 2 aromatic rings. The van der Waals surface area contributed by atoms with Gasteiger partial charge in [-0.25, -0.2) is 0 Å². The molecule has 0 bridgehead atoms. The normalized spacial score (nSPS) is 28.7. The lowest BCUT2D eigenvalue weighted by atomic mass is 9.57. The first-order chi connectivity index (χ1) is 17.0. The molecular weight excluding hydrogens is 454 g/mol. The van der Waals surface area contributed by atoms with E-state index in [1.807, 2.05) is 31.2 Å². The summed E-state index contributed by atoms with van der Waals surface area (Å²) in [6.45, 7) is 6.83. The molecule has 2 aliphatic carbocycles. The Balaban J connectivity index is 1.49. The second-order valence-corrected chi connectivity index (χ2v) is 11.6. The monoisotopic (exact) mass is 493 g/mol. The molecule has 2 amide bonds. The summed E-state index contributed by atoms with van der Waals surface area (Å²) in [6, 6.07) is 11.1. The zero-order valence-corrected chi connectivity index (χ0v) is 21.8. The highest BCUT2D eigenvalue weighted by Crippen LogP contribution is 2.63. The van der Waals surface area contributed by atoms with Gasteiger partial charge in [0.15, 0.2) is 0 Å². The van der Waals surface area contributed by atoms with Crippen LogP contribution in [0.3, 0.4) is 0 Å². The molecule has 7 nitrogen and oxygen atoms in total. The Hall–Kier alpha value is -2.93. The Morgan fingerprint density at radius 1 is 1.11 bits per heavy atom. The van der Waals surface area contributed by atoms with Crippen molar-refractivity contribution in [1.29, 1.82) is 0 Å². The molecule has 0 unspecified atom stereocenters. The second kappa shape index (κ2) is 10.2. The molecule has 3 N–H and O–H groups in total. The molecule has 0 spiro atoms. The van der Waals surface area contributed by atoms with Gasteiger partial charge < -0.3 is 20.5 Å². The van der Waals surface area contributed by atoms with E-state index in [0.717, 1.165) is 24.2 Å². The first-order valence-corrected chi connectivity index (χ1v) is 12.9. The molecule has 36 heavy (non-hydrogen) atoms. The number of ether oxygens (including phenoxy) is 1. The molecule has 1 heterocycles. The number of methoxy groups -OCH3 is 1.